The number of amides is 3. The zero-order valence-corrected chi connectivity index (χ0v) is 16.8. The number of nitrogens with one attached hydrogen (secondary N) is 2. The van der Waals surface area contributed by atoms with Gasteiger partial charge in [-0.05, 0) is 18.2 Å². The van der Waals surface area contributed by atoms with E-state index in [9.17, 15) is 9.59 Å². The molecule has 8 heteroatoms. The van der Waals surface area contributed by atoms with Gasteiger partial charge in [0, 0.05) is 60.1 Å². The second-order valence-corrected chi connectivity index (χ2v) is 8.00. The molecule has 144 valence electrons. The fraction of sp³-hybridized carbons (Fsp3) is 0.368. The number of carbonyl (C=O) groups is 2. The van der Waals surface area contributed by atoms with Crippen LogP contribution in [-0.2, 0) is 11.3 Å². The Morgan fingerprint density at radius 1 is 1.07 bits per heavy atom. The molecule has 3 amide bonds. The Balaban J connectivity index is 1.48. The molecule has 27 heavy (non-hydrogen) atoms. The predicted octanol–water partition coefficient (Wildman–Crippen LogP) is 2.64. The number of piperazine rings is 1. The van der Waals surface area contributed by atoms with E-state index in [0.717, 1.165) is 43.3 Å². The SMILES string of the molecule is CNC(=O)NC(=O)CN1CCN(Cc2ccc(-c3ccccc3Cl)s2)CC1. The minimum atomic E-state index is -0.467. The molecule has 0 spiro atoms. The van der Waals surface area contributed by atoms with Crippen LogP contribution in [0, 0.1) is 0 Å². The smallest absolute Gasteiger partial charge is 0.321 e. The van der Waals surface area contributed by atoms with Crippen molar-refractivity contribution in [1.29, 1.82) is 0 Å². The lowest BCUT2D eigenvalue weighted by Crippen LogP contribution is -2.50. The van der Waals surface area contributed by atoms with Crippen molar-refractivity contribution in [2.24, 2.45) is 0 Å². The minimum absolute atomic E-state index is 0.247. The van der Waals surface area contributed by atoms with Gasteiger partial charge < -0.3 is 5.32 Å². The molecule has 2 heterocycles. The van der Waals surface area contributed by atoms with Crippen LogP contribution in [0.3, 0.4) is 0 Å². The van der Waals surface area contributed by atoms with Crippen molar-refractivity contribution in [3.05, 3.63) is 46.3 Å². The molecule has 1 aromatic heterocycles. The van der Waals surface area contributed by atoms with Crippen molar-refractivity contribution in [3.63, 3.8) is 0 Å². The van der Waals surface area contributed by atoms with Crippen LogP contribution in [0.2, 0.25) is 5.02 Å². The highest BCUT2D eigenvalue weighted by atomic mass is 35.5. The normalized spacial score (nSPS) is 15.5. The maximum absolute atomic E-state index is 11.8. The van der Waals surface area contributed by atoms with Crippen molar-refractivity contribution >= 4 is 34.9 Å². The molecule has 0 radical (unpaired) electrons. The molecule has 1 aliphatic heterocycles. The first kappa shape index (κ1) is 19.8. The lowest BCUT2D eigenvalue weighted by atomic mass is 10.2. The molecule has 0 unspecified atom stereocenters. The van der Waals surface area contributed by atoms with Crippen molar-refractivity contribution in [2.75, 3.05) is 39.8 Å². The first-order valence-electron chi connectivity index (χ1n) is 8.85. The van der Waals surface area contributed by atoms with Gasteiger partial charge in [0.1, 0.15) is 0 Å². The molecule has 1 saturated heterocycles. The molecule has 0 aliphatic carbocycles. The van der Waals surface area contributed by atoms with Crippen LogP contribution < -0.4 is 10.6 Å². The summed E-state index contributed by atoms with van der Waals surface area (Å²) in [6, 6.07) is 11.7. The van der Waals surface area contributed by atoms with Gasteiger partial charge in [-0.3, -0.25) is 19.9 Å². The van der Waals surface area contributed by atoms with E-state index in [1.54, 1.807) is 11.3 Å². The van der Waals surface area contributed by atoms with Gasteiger partial charge in [-0.1, -0.05) is 29.8 Å². The van der Waals surface area contributed by atoms with Gasteiger partial charge in [0.05, 0.1) is 6.54 Å². The van der Waals surface area contributed by atoms with E-state index in [1.807, 2.05) is 24.3 Å². The van der Waals surface area contributed by atoms with Crippen LogP contribution in [0.1, 0.15) is 4.88 Å². The number of thiophene rings is 1. The number of rotatable bonds is 5. The summed E-state index contributed by atoms with van der Waals surface area (Å²) in [5.74, 6) is -0.273. The molecule has 1 aliphatic rings. The second-order valence-electron chi connectivity index (χ2n) is 6.43. The van der Waals surface area contributed by atoms with E-state index in [1.165, 1.54) is 16.8 Å². The first-order valence-corrected chi connectivity index (χ1v) is 10.0. The number of benzene rings is 1. The summed E-state index contributed by atoms with van der Waals surface area (Å²) >= 11 is 8.06. The van der Waals surface area contributed by atoms with Crippen molar-refractivity contribution in [3.8, 4) is 10.4 Å². The van der Waals surface area contributed by atoms with Gasteiger partial charge >= 0.3 is 6.03 Å². The minimum Gasteiger partial charge on any atom is -0.341 e. The highest BCUT2D eigenvalue weighted by Crippen LogP contribution is 2.33. The van der Waals surface area contributed by atoms with Gasteiger partial charge in [0.25, 0.3) is 0 Å². The molecular formula is C19H23ClN4O2S. The number of hydrogen-bond acceptors (Lipinski definition) is 5. The Hall–Kier alpha value is -1.93. The second kappa shape index (κ2) is 9.32. The van der Waals surface area contributed by atoms with Gasteiger partial charge in [-0.15, -0.1) is 11.3 Å². The van der Waals surface area contributed by atoms with E-state index < -0.39 is 6.03 Å². The lowest BCUT2D eigenvalue weighted by Gasteiger charge is -2.33. The fourth-order valence-electron chi connectivity index (χ4n) is 3.03. The topological polar surface area (TPSA) is 64.7 Å². The van der Waals surface area contributed by atoms with E-state index in [0.29, 0.717) is 0 Å². The fourth-order valence-corrected chi connectivity index (χ4v) is 4.41. The molecule has 3 rings (SSSR count). The third-order valence-electron chi connectivity index (χ3n) is 4.49. The van der Waals surface area contributed by atoms with Crippen molar-refractivity contribution in [2.45, 2.75) is 6.54 Å². The highest BCUT2D eigenvalue weighted by Gasteiger charge is 2.20. The molecule has 0 atom stereocenters. The molecule has 1 aromatic carbocycles. The molecule has 0 bridgehead atoms. The third-order valence-corrected chi connectivity index (χ3v) is 5.93. The van der Waals surface area contributed by atoms with Gasteiger partial charge in [-0.25, -0.2) is 4.79 Å². The van der Waals surface area contributed by atoms with Crippen LogP contribution in [0.4, 0.5) is 4.79 Å². The number of nitrogens with zero attached hydrogens (tertiary/aromatic N) is 2. The monoisotopic (exact) mass is 406 g/mol. The Bertz CT molecular complexity index is 803. The Morgan fingerprint density at radius 3 is 2.48 bits per heavy atom. The van der Waals surface area contributed by atoms with Crippen LogP contribution in [0.15, 0.2) is 36.4 Å². The molecule has 0 saturated carbocycles. The molecule has 6 nitrogen and oxygen atoms in total. The zero-order valence-electron chi connectivity index (χ0n) is 15.2. The van der Waals surface area contributed by atoms with Crippen LogP contribution >= 0.6 is 22.9 Å². The predicted molar refractivity (Wildman–Crippen MR) is 109 cm³/mol. The molecule has 1 fully saturated rings. The molecule has 2 aromatic rings. The quantitative estimate of drug-likeness (QED) is 0.801. The van der Waals surface area contributed by atoms with Gasteiger partial charge in [0.2, 0.25) is 5.91 Å². The summed E-state index contributed by atoms with van der Waals surface area (Å²) in [6.45, 7) is 4.55. The van der Waals surface area contributed by atoms with E-state index >= 15 is 0 Å². The Labute approximate surface area is 168 Å². The lowest BCUT2D eigenvalue weighted by molar-refractivity contribution is -0.121. The van der Waals surface area contributed by atoms with E-state index in [-0.39, 0.29) is 12.5 Å². The highest BCUT2D eigenvalue weighted by molar-refractivity contribution is 7.15. The average Bonchev–Trinajstić information content (AvgIpc) is 3.11. The Morgan fingerprint density at radius 2 is 1.78 bits per heavy atom. The number of hydrogen-bond donors (Lipinski definition) is 2. The summed E-state index contributed by atoms with van der Waals surface area (Å²) < 4.78 is 0. The first-order chi connectivity index (χ1) is 13.0. The maximum atomic E-state index is 11.8. The van der Waals surface area contributed by atoms with Gasteiger partial charge in [-0.2, -0.15) is 0 Å². The number of urea groups is 1. The third kappa shape index (κ3) is 5.52. The van der Waals surface area contributed by atoms with Gasteiger partial charge in [0.15, 0.2) is 0 Å². The molecular weight excluding hydrogens is 384 g/mol. The van der Waals surface area contributed by atoms with E-state index in [4.69, 9.17) is 11.6 Å². The number of carbonyl (C=O) groups excluding carboxylic acids is 2. The molecule has 2 N–H and O–H groups in total. The largest absolute Gasteiger partial charge is 0.341 e. The summed E-state index contributed by atoms with van der Waals surface area (Å²) in [6.07, 6.45) is 0. The number of imide groups is 1. The summed E-state index contributed by atoms with van der Waals surface area (Å²) in [7, 11) is 1.49. The van der Waals surface area contributed by atoms with Crippen LogP contribution in [-0.4, -0.2) is 61.5 Å². The maximum Gasteiger partial charge on any atom is 0.321 e. The summed E-state index contributed by atoms with van der Waals surface area (Å²) in [5.41, 5.74) is 1.07. The van der Waals surface area contributed by atoms with E-state index in [2.05, 4.69) is 32.6 Å². The van der Waals surface area contributed by atoms with Crippen LogP contribution in [0.25, 0.3) is 10.4 Å². The summed E-state index contributed by atoms with van der Waals surface area (Å²) in [4.78, 5) is 29.9. The van der Waals surface area contributed by atoms with Crippen molar-refractivity contribution in [1.82, 2.24) is 20.4 Å². The summed E-state index contributed by atoms with van der Waals surface area (Å²) in [5, 5.41) is 5.45. The zero-order chi connectivity index (χ0) is 19.2. The van der Waals surface area contributed by atoms with Crippen molar-refractivity contribution < 1.29 is 9.59 Å². The standard InChI is InChI=1S/C19H23ClN4O2S/c1-21-19(26)22-18(25)13-24-10-8-23(9-11-24)12-14-6-7-17(27-14)15-4-2-3-5-16(15)20/h2-7H,8-13H2,1H3,(H2,21,22,25,26). The Kier molecular flexibility index (Phi) is 6.84. The number of halogens is 1. The van der Waals surface area contributed by atoms with Crippen LogP contribution in [0.5, 0.6) is 0 Å². The average molecular weight is 407 g/mol.